The second kappa shape index (κ2) is 6.44. The van der Waals surface area contributed by atoms with Crippen molar-refractivity contribution in [2.24, 2.45) is 0 Å². The summed E-state index contributed by atoms with van der Waals surface area (Å²) in [5.74, 6) is 1.79. The van der Waals surface area contributed by atoms with Crippen molar-refractivity contribution in [3.8, 4) is 0 Å². The lowest BCUT2D eigenvalue weighted by molar-refractivity contribution is 0.181. The van der Waals surface area contributed by atoms with Crippen molar-refractivity contribution in [1.29, 1.82) is 0 Å². The summed E-state index contributed by atoms with van der Waals surface area (Å²) in [7, 11) is 1.62. The van der Waals surface area contributed by atoms with Crippen LogP contribution in [0.4, 0.5) is 10.2 Å². The van der Waals surface area contributed by atoms with Gasteiger partial charge < -0.3 is 15.0 Å². The predicted octanol–water partition coefficient (Wildman–Crippen LogP) is 1.94. The Morgan fingerprint density at radius 1 is 1.28 bits per heavy atom. The number of aromatic amines is 1. The highest BCUT2D eigenvalue weighted by molar-refractivity contribution is 5.74. The molecule has 0 aliphatic carbocycles. The Hall–Kier alpha value is -3.07. The van der Waals surface area contributed by atoms with Crippen molar-refractivity contribution in [1.82, 2.24) is 29.5 Å². The van der Waals surface area contributed by atoms with Gasteiger partial charge in [-0.1, -0.05) is 0 Å². The molecule has 0 fully saturated rings. The molecule has 8 nitrogen and oxygen atoms in total. The number of aromatic nitrogens is 6. The average molecular weight is 341 g/mol. The highest BCUT2D eigenvalue weighted by Gasteiger charge is 2.08. The number of methoxy groups -OCH3 is 1. The van der Waals surface area contributed by atoms with Gasteiger partial charge in [0.15, 0.2) is 0 Å². The SMILES string of the molecule is COCc1cc(NCCc2nc3ccc(F)cc3[nH]2)n2ncnc2n1. The zero-order valence-corrected chi connectivity index (χ0v) is 13.5. The molecule has 0 bridgehead atoms. The summed E-state index contributed by atoms with van der Waals surface area (Å²) >= 11 is 0. The summed E-state index contributed by atoms with van der Waals surface area (Å²) < 4.78 is 20.0. The van der Waals surface area contributed by atoms with Crippen LogP contribution in [0.15, 0.2) is 30.6 Å². The molecule has 0 saturated carbocycles. The molecule has 3 heterocycles. The molecular formula is C16H16FN7O. The Morgan fingerprint density at radius 2 is 2.20 bits per heavy atom. The monoisotopic (exact) mass is 341 g/mol. The first-order chi connectivity index (χ1) is 12.2. The van der Waals surface area contributed by atoms with E-state index in [1.54, 1.807) is 17.7 Å². The number of rotatable bonds is 6. The van der Waals surface area contributed by atoms with Crippen LogP contribution in [0.3, 0.4) is 0 Å². The molecule has 3 aromatic heterocycles. The van der Waals surface area contributed by atoms with Gasteiger partial charge in [-0.15, -0.1) is 0 Å². The molecule has 4 rings (SSSR count). The van der Waals surface area contributed by atoms with Crippen LogP contribution in [-0.4, -0.2) is 43.2 Å². The minimum atomic E-state index is -0.281. The van der Waals surface area contributed by atoms with E-state index in [2.05, 4.69) is 30.4 Å². The van der Waals surface area contributed by atoms with Crippen LogP contribution in [0.1, 0.15) is 11.5 Å². The maximum atomic E-state index is 13.2. The van der Waals surface area contributed by atoms with Crippen molar-refractivity contribution in [2.75, 3.05) is 19.0 Å². The number of hydrogen-bond donors (Lipinski definition) is 2. The molecule has 0 radical (unpaired) electrons. The molecule has 0 saturated heterocycles. The Morgan fingerprint density at radius 3 is 3.08 bits per heavy atom. The number of fused-ring (bicyclic) bond motifs is 2. The fourth-order valence-corrected chi connectivity index (χ4v) is 2.67. The van der Waals surface area contributed by atoms with Crippen molar-refractivity contribution in [3.63, 3.8) is 0 Å². The van der Waals surface area contributed by atoms with E-state index < -0.39 is 0 Å². The van der Waals surface area contributed by atoms with Crippen LogP contribution >= 0.6 is 0 Å². The third-order valence-electron chi connectivity index (χ3n) is 3.76. The van der Waals surface area contributed by atoms with E-state index in [0.717, 1.165) is 22.9 Å². The zero-order chi connectivity index (χ0) is 17.2. The van der Waals surface area contributed by atoms with Gasteiger partial charge in [-0.05, 0) is 18.2 Å². The molecule has 0 aliphatic heterocycles. The first-order valence-corrected chi connectivity index (χ1v) is 7.79. The second-order valence-electron chi connectivity index (χ2n) is 5.56. The quantitative estimate of drug-likeness (QED) is 0.557. The zero-order valence-electron chi connectivity index (χ0n) is 13.5. The minimum absolute atomic E-state index is 0.281. The smallest absolute Gasteiger partial charge is 0.254 e. The fourth-order valence-electron chi connectivity index (χ4n) is 2.67. The number of halogens is 1. The lowest BCUT2D eigenvalue weighted by atomic mass is 10.3. The van der Waals surface area contributed by atoms with Crippen LogP contribution in [-0.2, 0) is 17.8 Å². The first kappa shape index (κ1) is 15.5. The van der Waals surface area contributed by atoms with Gasteiger partial charge in [0.2, 0.25) is 0 Å². The summed E-state index contributed by atoms with van der Waals surface area (Å²) in [5, 5.41) is 7.47. The minimum Gasteiger partial charge on any atom is -0.378 e. The van der Waals surface area contributed by atoms with E-state index >= 15 is 0 Å². The van der Waals surface area contributed by atoms with Crippen molar-refractivity contribution < 1.29 is 9.13 Å². The van der Waals surface area contributed by atoms with Crippen LogP contribution < -0.4 is 5.32 Å². The number of nitrogens with zero attached hydrogens (tertiary/aromatic N) is 5. The normalized spacial score (nSPS) is 11.4. The van der Waals surface area contributed by atoms with Crippen LogP contribution in [0.5, 0.6) is 0 Å². The third-order valence-corrected chi connectivity index (χ3v) is 3.76. The maximum absolute atomic E-state index is 13.2. The van der Waals surface area contributed by atoms with Gasteiger partial charge in [-0.2, -0.15) is 14.6 Å². The average Bonchev–Trinajstić information content (AvgIpc) is 3.21. The van der Waals surface area contributed by atoms with Crippen molar-refractivity contribution in [3.05, 3.63) is 47.9 Å². The fraction of sp³-hybridized carbons (Fsp3) is 0.250. The van der Waals surface area contributed by atoms with E-state index in [1.165, 1.54) is 18.5 Å². The largest absolute Gasteiger partial charge is 0.378 e. The summed E-state index contributed by atoms with van der Waals surface area (Å²) in [6.07, 6.45) is 2.10. The van der Waals surface area contributed by atoms with Gasteiger partial charge in [0, 0.05) is 26.1 Å². The molecule has 1 aromatic carbocycles. The lowest BCUT2D eigenvalue weighted by Gasteiger charge is -2.09. The third kappa shape index (κ3) is 3.13. The van der Waals surface area contributed by atoms with Gasteiger partial charge in [0.25, 0.3) is 5.78 Å². The Kier molecular flexibility index (Phi) is 3.98. The molecule has 4 aromatic rings. The number of anilines is 1. The van der Waals surface area contributed by atoms with Gasteiger partial charge >= 0.3 is 0 Å². The molecule has 2 N–H and O–H groups in total. The van der Waals surface area contributed by atoms with E-state index in [1.807, 2.05) is 6.07 Å². The number of ether oxygens (including phenoxy) is 1. The number of hydrogen-bond acceptors (Lipinski definition) is 6. The predicted molar refractivity (Wildman–Crippen MR) is 89.7 cm³/mol. The molecule has 0 unspecified atom stereocenters. The van der Waals surface area contributed by atoms with Crippen LogP contribution in [0.25, 0.3) is 16.8 Å². The maximum Gasteiger partial charge on any atom is 0.254 e. The Bertz CT molecular complexity index is 1030. The molecule has 0 spiro atoms. The highest BCUT2D eigenvalue weighted by atomic mass is 19.1. The number of H-pyrrole nitrogens is 1. The molecular weight excluding hydrogens is 325 g/mol. The summed E-state index contributed by atoms with van der Waals surface area (Å²) in [6.45, 7) is 1.01. The van der Waals surface area contributed by atoms with Crippen LogP contribution in [0, 0.1) is 5.82 Å². The lowest BCUT2D eigenvalue weighted by Crippen LogP contribution is -2.11. The summed E-state index contributed by atoms with van der Waals surface area (Å²) in [6, 6.07) is 6.38. The Balaban J connectivity index is 1.50. The van der Waals surface area contributed by atoms with Gasteiger partial charge in [-0.3, -0.25) is 0 Å². The molecule has 9 heteroatoms. The number of nitrogens with one attached hydrogen (secondary N) is 2. The van der Waals surface area contributed by atoms with E-state index in [9.17, 15) is 4.39 Å². The summed E-state index contributed by atoms with van der Waals surface area (Å²) in [4.78, 5) is 16.1. The standard InChI is InChI=1S/C16H16FN7O/c1-25-8-11-7-15(24-16(21-11)19-9-20-24)18-5-4-14-22-12-3-2-10(17)6-13(12)23-14/h2-3,6-7,9,18H,4-5,8H2,1H3,(H,22,23). The van der Waals surface area contributed by atoms with Gasteiger partial charge in [0.1, 0.15) is 23.8 Å². The molecule has 128 valence electrons. The number of imidazole rings is 1. The van der Waals surface area contributed by atoms with E-state index in [0.29, 0.717) is 30.9 Å². The second-order valence-corrected chi connectivity index (χ2v) is 5.56. The molecule has 0 atom stereocenters. The van der Waals surface area contributed by atoms with Crippen LogP contribution in [0.2, 0.25) is 0 Å². The van der Waals surface area contributed by atoms with E-state index in [-0.39, 0.29) is 5.82 Å². The van der Waals surface area contributed by atoms with Crippen molar-refractivity contribution in [2.45, 2.75) is 13.0 Å². The van der Waals surface area contributed by atoms with Crippen molar-refractivity contribution >= 4 is 22.6 Å². The molecule has 0 amide bonds. The van der Waals surface area contributed by atoms with Gasteiger partial charge in [-0.25, -0.2) is 14.4 Å². The first-order valence-electron chi connectivity index (χ1n) is 7.79. The summed E-state index contributed by atoms with van der Waals surface area (Å²) in [5.41, 5.74) is 2.21. The van der Waals surface area contributed by atoms with Gasteiger partial charge in [0.05, 0.1) is 23.3 Å². The Labute approximate surface area is 142 Å². The van der Waals surface area contributed by atoms with E-state index in [4.69, 9.17) is 4.74 Å². The number of benzene rings is 1. The molecule has 0 aliphatic rings. The highest BCUT2D eigenvalue weighted by Crippen LogP contribution is 2.14. The topological polar surface area (TPSA) is 93.0 Å². The molecule has 25 heavy (non-hydrogen) atoms.